The van der Waals surface area contributed by atoms with Gasteiger partial charge in [-0.3, -0.25) is 19.8 Å². The van der Waals surface area contributed by atoms with Crippen LogP contribution in [-0.4, -0.2) is 66.4 Å². The summed E-state index contributed by atoms with van der Waals surface area (Å²) >= 11 is 0. The highest BCUT2D eigenvalue weighted by atomic mass is 16.2. The lowest BCUT2D eigenvalue weighted by Crippen LogP contribution is -2.50. The van der Waals surface area contributed by atoms with E-state index in [4.69, 9.17) is 0 Å². The maximum atomic E-state index is 12.3. The van der Waals surface area contributed by atoms with Crippen molar-refractivity contribution in [3.05, 3.63) is 35.9 Å². The second-order valence-electron chi connectivity index (χ2n) is 6.18. The summed E-state index contributed by atoms with van der Waals surface area (Å²) in [5.41, 5.74) is 1.32. The molecule has 2 N–H and O–H groups in total. The minimum Gasteiger partial charge on any atom is -0.340 e. The van der Waals surface area contributed by atoms with Crippen molar-refractivity contribution < 1.29 is 14.4 Å². The normalized spacial score (nSPS) is 21.5. The van der Waals surface area contributed by atoms with Crippen LogP contribution >= 0.6 is 0 Å². The summed E-state index contributed by atoms with van der Waals surface area (Å²) in [6.45, 7) is 3.97. The van der Waals surface area contributed by atoms with E-state index in [0.717, 1.165) is 26.1 Å². The predicted molar refractivity (Wildman–Crippen MR) is 88.2 cm³/mol. The highest BCUT2D eigenvalue weighted by molar-refractivity contribution is 6.05. The molecule has 7 nitrogen and oxygen atoms in total. The highest BCUT2D eigenvalue weighted by Crippen LogP contribution is 2.09. The van der Waals surface area contributed by atoms with Crippen molar-refractivity contribution in [3.8, 4) is 0 Å². The molecule has 3 rings (SSSR count). The first-order valence-corrected chi connectivity index (χ1v) is 8.27. The van der Waals surface area contributed by atoms with Crippen LogP contribution in [0.4, 0.5) is 4.79 Å². The van der Waals surface area contributed by atoms with Crippen molar-refractivity contribution in [1.82, 2.24) is 20.4 Å². The van der Waals surface area contributed by atoms with Gasteiger partial charge in [-0.2, -0.15) is 0 Å². The maximum absolute atomic E-state index is 12.3. The molecule has 2 saturated heterocycles. The molecule has 2 heterocycles. The zero-order chi connectivity index (χ0) is 16.9. The van der Waals surface area contributed by atoms with Crippen molar-refractivity contribution in [2.45, 2.75) is 18.9 Å². The highest BCUT2D eigenvalue weighted by Gasteiger charge is 2.33. The van der Waals surface area contributed by atoms with E-state index in [2.05, 4.69) is 27.7 Å². The zero-order valence-electron chi connectivity index (χ0n) is 13.5. The van der Waals surface area contributed by atoms with Crippen LogP contribution < -0.4 is 10.6 Å². The number of hydrogen-bond donors (Lipinski definition) is 2. The number of amides is 4. The molecule has 0 radical (unpaired) electrons. The van der Waals surface area contributed by atoms with E-state index >= 15 is 0 Å². The van der Waals surface area contributed by atoms with E-state index in [9.17, 15) is 14.4 Å². The third kappa shape index (κ3) is 4.11. The van der Waals surface area contributed by atoms with E-state index in [1.807, 2.05) is 18.2 Å². The first-order valence-electron chi connectivity index (χ1n) is 8.27. The van der Waals surface area contributed by atoms with Crippen molar-refractivity contribution in [1.29, 1.82) is 0 Å². The number of carbonyl (C=O) groups excluding carboxylic acids is 3. The number of hydrogen-bond acceptors (Lipinski definition) is 4. The molecule has 7 heteroatoms. The molecule has 2 aliphatic rings. The molecule has 1 aromatic carbocycles. The number of imide groups is 1. The van der Waals surface area contributed by atoms with E-state index in [1.54, 1.807) is 4.90 Å². The van der Waals surface area contributed by atoms with Crippen molar-refractivity contribution in [2.24, 2.45) is 0 Å². The fourth-order valence-electron chi connectivity index (χ4n) is 3.06. The Kier molecular flexibility index (Phi) is 5.10. The molecule has 4 amide bonds. The minimum absolute atomic E-state index is 0.0294. The van der Waals surface area contributed by atoms with Crippen LogP contribution in [0.25, 0.3) is 0 Å². The van der Waals surface area contributed by atoms with Gasteiger partial charge in [0.2, 0.25) is 5.91 Å². The third-order valence-electron chi connectivity index (χ3n) is 4.52. The molecule has 0 bridgehead atoms. The average Bonchev–Trinajstić information content (AvgIpc) is 2.91. The van der Waals surface area contributed by atoms with Crippen LogP contribution in [0.15, 0.2) is 30.3 Å². The molecule has 0 saturated carbocycles. The van der Waals surface area contributed by atoms with E-state index in [-0.39, 0.29) is 12.3 Å². The monoisotopic (exact) mass is 330 g/mol. The Hall–Kier alpha value is -2.41. The first-order chi connectivity index (χ1) is 11.6. The van der Waals surface area contributed by atoms with Gasteiger partial charge < -0.3 is 10.2 Å². The SMILES string of the molecule is O=C1NC(=O)C(CC(=O)N2CCN(CCc3ccccc3)CC2)N1. The molecule has 24 heavy (non-hydrogen) atoms. The summed E-state index contributed by atoms with van der Waals surface area (Å²) in [6.07, 6.45) is 1.03. The summed E-state index contributed by atoms with van der Waals surface area (Å²) in [7, 11) is 0. The van der Waals surface area contributed by atoms with Crippen LogP contribution in [0, 0.1) is 0 Å². The number of carbonyl (C=O) groups is 3. The van der Waals surface area contributed by atoms with Gasteiger partial charge in [0, 0.05) is 32.7 Å². The van der Waals surface area contributed by atoms with E-state index in [0.29, 0.717) is 13.1 Å². The van der Waals surface area contributed by atoms with Gasteiger partial charge in [0.05, 0.1) is 6.42 Å². The van der Waals surface area contributed by atoms with Gasteiger partial charge in [0.25, 0.3) is 5.91 Å². The second kappa shape index (κ2) is 7.44. The number of rotatable bonds is 5. The summed E-state index contributed by atoms with van der Waals surface area (Å²) in [5.74, 6) is -0.505. The number of piperazine rings is 1. The fraction of sp³-hybridized carbons (Fsp3) is 0.471. The van der Waals surface area contributed by atoms with Crippen LogP contribution in [-0.2, 0) is 16.0 Å². The Balaban J connectivity index is 1.40. The molecule has 0 spiro atoms. The number of nitrogens with zero attached hydrogens (tertiary/aromatic N) is 2. The minimum atomic E-state index is -0.735. The number of urea groups is 1. The topological polar surface area (TPSA) is 81.8 Å². The Morgan fingerprint density at radius 1 is 1.08 bits per heavy atom. The van der Waals surface area contributed by atoms with Gasteiger partial charge in [-0.15, -0.1) is 0 Å². The molecular formula is C17H22N4O3. The van der Waals surface area contributed by atoms with Gasteiger partial charge in [-0.1, -0.05) is 30.3 Å². The van der Waals surface area contributed by atoms with Crippen LogP contribution in [0.2, 0.25) is 0 Å². The third-order valence-corrected chi connectivity index (χ3v) is 4.52. The van der Waals surface area contributed by atoms with Crippen molar-refractivity contribution in [3.63, 3.8) is 0 Å². The second-order valence-corrected chi connectivity index (χ2v) is 6.18. The zero-order valence-corrected chi connectivity index (χ0v) is 13.5. The maximum Gasteiger partial charge on any atom is 0.322 e. The lowest BCUT2D eigenvalue weighted by molar-refractivity contribution is -0.135. The predicted octanol–water partition coefficient (Wildman–Crippen LogP) is -0.0286. The summed E-state index contributed by atoms with van der Waals surface area (Å²) < 4.78 is 0. The molecule has 2 fully saturated rings. The van der Waals surface area contributed by atoms with Gasteiger partial charge in [0.15, 0.2) is 0 Å². The van der Waals surface area contributed by atoms with Gasteiger partial charge in [-0.25, -0.2) is 4.79 Å². The van der Waals surface area contributed by atoms with Crippen molar-refractivity contribution in [2.75, 3.05) is 32.7 Å². The fourth-order valence-corrected chi connectivity index (χ4v) is 3.06. The Morgan fingerprint density at radius 2 is 1.79 bits per heavy atom. The number of nitrogens with one attached hydrogen (secondary N) is 2. The lowest BCUT2D eigenvalue weighted by atomic mass is 10.1. The molecule has 0 aliphatic carbocycles. The molecule has 2 aliphatic heterocycles. The quantitative estimate of drug-likeness (QED) is 0.743. The Morgan fingerprint density at radius 3 is 2.42 bits per heavy atom. The molecule has 128 valence electrons. The van der Waals surface area contributed by atoms with Crippen LogP contribution in [0.5, 0.6) is 0 Å². The molecular weight excluding hydrogens is 308 g/mol. The largest absolute Gasteiger partial charge is 0.340 e. The molecule has 1 atom stereocenters. The first kappa shape index (κ1) is 16.4. The summed E-state index contributed by atoms with van der Waals surface area (Å²) in [4.78, 5) is 39.0. The molecule has 1 aromatic rings. The summed E-state index contributed by atoms with van der Waals surface area (Å²) in [5, 5.41) is 4.61. The molecule has 1 unspecified atom stereocenters. The van der Waals surface area contributed by atoms with Crippen LogP contribution in [0.1, 0.15) is 12.0 Å². The van der Waals surface area contributed by atoms with E-state index in [1.165, 1.54) is 5.56 Å². The van der Waals surface area contributed by atoms with Crippen LogP contribution in [0.3, 0.4) is 0 Å². The smallest absolute Gasteiger partial charge is 0.322 e. The van der Waals surface area contributed by atoms with Crippen molar-refractivity contribution >= 4 is 17.8 Å². The summed E-state index contributed by atoms with van der Waals surface area (Å²) in [6, 6.07) is 9.10. The van der Waals surface area contributed by atoms with Gasteiger partial charge in [0.1, 0.15) is 6.04 Å². The lowest BCUT2D eigenvalue weighted by Gasteiger charge is -2.35. The average molecular weight is 330 g/mol. The van der Waals surface area contributed by atoms with Gasteiger partial charge in [-0.05, 0) is 12.0 Å². The van der Waals surface area contributed by atoms with E-state index < -0.39 is 18.0 Å². The molecule has 0 aromatic heterocycles. The standard InChI is InChI=1S/C17H22N4O3/c22-15(12-14-16(23)19-17(24)18-14)21-10-8-20(9-11-21)7-6-13-4-2-1-3-5-13/h1-5,14H,6-12H2,(H2,18,19,23,24). The Bertz CT molecular complexity index is 612. The van der Waals surface area contributed by atoms with Gasteiger partial charge >= 0.3 is 6.03 Å². The number of benzene rings is 1. The Labute approximate surface area is 141 Å².